The number of nitrogens with zero attached hydrogens (tertiary/aromatic N) is 1. The molecule has 0 atom stereocenters. The fraction of sp³-hybridized carbons (Fsp3) is 0.300. The van der Waals surface area contributed by atoms with Crippen LogP contribution in [0.1, 0.15) is 11.3 Å². The van der Waals surface area contributed by atoms with Gasteiger partial charge in [-0.3, -0.25) is 5.10 Å². The maximum Gasteiger partial charge on any atom is 0.0926 e. The van der Waals surface area contributed by atoms with E-state index in [1.165, 1.54) is 10.9 Å². The van der Waals surface area contributed by atoms with Gasteiger partial charge in [0.25, 0.3) is 0 Å². The van der Waals surface area contributed by atoms with Gasteiger partial charge in [-0.25, -0.2) is 5.90 Å². The molecule has 0 aliphatic heterocycles. The third-order valence-electron chi connectivity index (χ3n) is 2.34. The fourth-order valence-electron chi connectivity index (χ4n) is 1.69. The number of rotatable bonds is 3. The lowest BCUT2D eigenvalue weighted by Crippen LogP contribution is -2.03. The maximum atomic E-state index is 5.01. The van der Waals surface area contributed by atoms with Gasteiger partial charge >= 0.3 is 0 Å². The zero-order valence-corrected chi connectivity index (χ0v) is 8.08. The topological polar surface area (TPSA) is 63.9 Å². The summed E-state index contributed by atoms with van der Waals surface area (Å²) in [6.07, 6.45) is 0.814. The summed E-state index contributed by atoms with van der Waals surface area (Å²) in [5.41, 5.74) is 3.31. The lowest BCUT2D eigenvalue weighted by Gasteiger charge is -2.01. The van der Waals surface area contributed by atoms with Crippen molar-refractivity contribution in [3.8, 4) is 0 Å². The highest BCUT2D eigenvalue weighted by Gasteiger charge is 2.05. The van der Waals surface area contributed by atoms with E-state index in [0.29, 0.717) is 6.61 Å². The van der Waals surface area contributed by atoms with Crippen molar-refractivity contribution in [2.24, 2.45) is 5.90 Å². The molecule has 2 rings (SSSR count). The predicted molar refractivity (Wildman–Crippen MR) is 54.7 cm³/mol. The Morgan fingerprint density at radius 2 is 2.36 bits per heavy atom. The predicted octanol–water partition coefficient (Wildman–Crippen LogP) is 1.30. The van der Waals surface area contributed by atoms with Crippen LogP contribution in [-0.2, 0) is 11.3 Å². The minimum atomic E-state index is 0.531. The second kappa shape index (κ2) is 3.77. The van der Waals surface area contributed by atoms with E-state index in [9.17, 15) is 0 Å². The Hall–Kier alpha value is -1.39. The van der Waals surface area contributed by atoms with Crippen LogP contribution in [0.2, 0.25) is 0 Å². The molecule has 0 amide bonds. The Kier molecular flexibility index (Phi) is 2.47. The van der Waals surface area contributed by atoms with Crippen molar-refractivity contribution in [1.82, 2.24) is 10.2 Å². The van der Waals surface area contributed by atoms with Gasteiger partial charge in [-0.2, -0.15) is 5.10 Å². The van der Waals surface area contributed by atoms with Crippen molar-refractivity contribution in [3.63, 3.8) is 0 Å². The molecule has 2 aromatic rings. The zero-order valence-electron chi connectivity index (χ0n) is 8.08. The SMILES string of the molecule is Cc1[nH]nc2cccc(CCON)c12. The van der Waals surface area contributed by atoms with Crippen LogP contribution in [0.25, 0.3) is 10.9 Å². The Morgan fingerprint density at radius 1 is 1.50 bits per heavy atom. The van der Waals surface area contributed by atoms with Crippen LogP contribution in [0.15, 0.2) is 18.2 Å². The molecule has 0 radical (unpaired) electrons. The van der Waals surface area contributed by atoms with Crippen LogP contribution in [0, 0.1) is 6.92 Å². The van der Waals surface area contributed by atoms with E-state index in [1.807, 2.05) is 19.1 Å². The first-order chi connectivity index (χ1) is 6.83. The summed E-state index contributed by atoms with van der Waals surface area (Å²) in [6, 6.07) is 6.06. The molecule has 1 aromatic heterocycles. The minimum Gasteiger partial charge on any atom is -0.304 e. The molecular weight excluding hydrogens is 178 g/mol. The summed E-state index contributed by atoms with van der Waals surface area (Å²) in [5.74, 6) is 5.01. The van der Waals surface area contributed by atoms with E-state index in [2.05, 4.69) is 21.1 Å². The number of aryl methyl sites for hydroxylation is 1. The van der Waals surface area contributed by atoms with Crippen LogP contribution < -0.4 is 5.90 Å². The molecule has 74 valence electrons. The van der Waals surface area contributed by atoms with Crippen LogP contribution >= 0.6 is 0 Å². The lowest BCUT2D eigenvalue weighted by atomic mass is 10.1. The first-order valence-electron chi connectivity index (χ1n) is 4.57. The molecule has 0 fully saturated rings. The fourth-order valence-corrected chi connectivity index (χ4v) is 1.69. The van der Waals surface area contributed by atoms with E-state index in [1.54, 1.807) is 0 Å². The first kappa shape index (κ1) is 9.18. The number of aromatic amines is 1. The molecule has 0 unspecified atom stereocenters. The monoisotopic (exact) mass is 191 g/mol. The highest BCUT2D eigenvalue weighted by atomic mass is 16.6. The van der Waals surface area contributed by atoms with E-state index >= 15 is 0 Å². The highest BCUT2D eigenvalue weighted by Crippen LogP contribution is 2.20. The van der Waals surface area contributed by atoms with Gasteiger partial charge in [0.05, 0.1) is 12.1 Å². The van der Waals surface area contributed by atoms with Crippen molar-refractivity contribution in [1.29, 1.82) is 0 Å². The molecule has 0 spiro atoms. The van der Waals surface area contributed by atoms with Crippen LogP contribution in [0.4, 0.5) is 0 Å². The number of hydrogen-bond donors (Lipinski definition) is 2. The van der Waals surface area contributed by atoms with Crippen molar-refractivity contribution < 1.29 is 4.84 Å². The minimum absolute atomic E-state index is 0.531. The molecule has 0 saturated heterocycles. The molecule has 14 heavy (non-hydrogen) atoms. The second-order valence-corrected chi connectivity index (χ2v) is 3.28. The Balaban J connectivity index is 2.46. The smallest absolute Gasteiger partial charge is 0.0926 e. The Morgan fingerprint density at radius 3 is 3.14 bits per heavy atom. The summed E-state index contributed by atoms with van der Waals surface area (Å²) < 4.78 is 0. The van der Waals surface area contributed by atoms with E-state index in [4.69, 9.17) is 5.90 Å². The van der Waals surface area contributed by atoms with E-state index < -0.39 is 0 Å². The summed E-state index contributed by atoms with van der Waals surface area (Å²) >= 11 is 0. The van der Waals surface area contributed by atoms with Crippen molar-refractivity contribution in [3.05, 3.63) is 29.5 Å². The highest BCUT2D eigenvalue weighted by molar-refractivity contribution is 5.84. The number of hydrogen-bond acceptors (Lipinski definition) is 3. The molecule has 0 aliphatic rings. The van der Waals surface area contributed by atoms with E-state index in [-0.39, 0.29) is 0 Å². The Labute approximate surface area is 82.0 Å². The Bertz CT molecular complexity index is 436. The van der Waals surface area contributed by atoms with Gasteiger partial charge in [0.1, 0.15) is 0 Å². The summed E-state index contributed by atoms with van der Waals surface area (Å²) in [6.45, 7) is 2.55. The van der Waals surface area contributed by atoms with Gasteiger partial charge in [0.2, 0.25) is 0 Å². The third-order valence-corrected chi connectivity index (χ3v) is 2.34. The molecule has 0 bridgehead atoms. The molecule has 1 heterocycles. The molecule has 4 nitrogen and oxygen atoms in total. The summed E-state index contributed by atoms with van der Waals surface area (Å²) in [7, 11) is 0. The number of H-pyrrole nitrogens is 1. The van der Waals surface area contributed by atoms with Gasteiger partial charge in [-0.1, -0.05) is 12.1 Å². The number of nitrogens with two attached hydrogens (primary N) is 1. The van der Waals surface area contributed by atoms with Crippen LogP contribution in [0.5, 0.6) is 0 Å². The first-order valence-corrected chi connectivity index (χ1v) is 4.57. The second-order valence-electron chi connectivity index (χ2n) is 3.28. The van der Waals surface area contributed by atoms with Crippen molar-refractivity contribution >= 4 is 10.9 Å². The van der Waals surface area contributed by atoms with Crippen LogP contribution in [-0.4, -0.2) is 16.8 Å². The van der Waals surface area contributed by atoms with Gasteiger partial charge in [0, 0.05) is 11.1 Å². The number of aromatic nitrogens is 2. The van der Waals surface area contributed by atoms with E-state index in [0.717, 1.165) is 17.6 Å². The number of benzene rings is 1. The summed E-state index contributed by atoms with van der Waals surface area (Å²) in [5, 5.41) is 8.35. The standard InChI is InChI=1S/C10H13N3O/c1-7-10-8(5-6-14-11)3-2-4-9(10)13-12-7/h2-4H,5-6,11H2,1H3,(H,12,13). The molecular formula is C10H13N3O. The van der Waals surface area contributed by atoms with Crippen LogP contribution in [0.3, 0.4) is 0 Å². The molecule has 3 N–H and O–H groups in total. The van der Waals surface area contributed by atoms with Crippen molar-refractivity contribution in [2.45, 2.75) is 13.3 Å². The average molecular weight is 191 g/mol. The summed E-state index contributed by atoms with van der Waals surface area (Å²) in [4.78, 5) is 4.58. The maximum absolute atomic E-state index is 5.01. The van der Waals surface area contributed by atoms with Gasteiger partial charge in [0.15, 0.2) is 0 Å². The number of fused-ring (bicyclic) bond motifs is 1. The zero-order chi connectivity index (χ0) is 9.97. The van der Waals surface area contributed by atoms with Crippen molar-refractivity contribution in [2.75, 3.05) is 6.61 Å². The lowest BCUT2D eigenvalue weighted by molar-refractivity contribution is 0.141. The number of nitrogens with one attached hydrogen (secondary N) is 1. The quantitative estimate of drug-likeness (QED) is 0.719. The largest absolute Gasteiger partial charge is 0.304 e. The molecule has 1 aromatic carbocycles. The van der Waals surface area contributed by atoms with Gasteiger partial charge in [-0.05, 0) is 25.0 Å². The molecule has 4 heteroatoms. The molecule has 0 saturated carbocycles. The normalized spacial score (nSPS) is 11.0. The third kappa shape index (κ3) is 1.49. The van der Waals surface area contributed by atoms with Gasteiger partial charge in [-0.15, -0.1) is 0 Å². The van der Waals surface area contributed by atoms with Gasteiger partial charge < -0.3 is 4.84 Å². The average Bonchev–Trinajstić information content (AvgIpc) is 2.58. The molecule has 0 aliphatic carbocycles.